The zero-order chi connectivity index (χ0) is 33.3. The van der Waals surface area contributed by atoms with Crippen molar-refractivity contribution in [3.05, 3.63) is 131 Å². The molecule has 5 aromatic carbocycles. The summed E-state index contributed by atoms with van der Waals surface area (Å²) in [7, 11) is -2.92. The molecule has 5 nitrogen and oxygen atoms in total. The standard InChI is InChI=1S/C38H30F3NO4S/c1-23-12-16-26(17-13-23)47(44,45)42-32-18-15-25(38(39,40)41)20-29(32)30(21-37(2)22-33(43)28-10-6-7-11-31(28)37)36(42)35-27-9-5-4-8-24(27)14-19-34(35)46-3/h4-20H,21-22H2,1-3H3/t37-/m0/s1. The highest BCUT2D eigenvalue weighted by Crippen LogP contribution is 2.49. The SMILES string of the molecule is COc1ccc2ccccc2c1-c1c(C[C@@]2(C)CC(=O)c3ccccc32)c2cc(C(F)(F)F)ccc2n1S(=O)(=O)c1ccc(C)cc1. The number of hydrogen-bond donors (Lipinski definition) is 0. The number of nitrogens with zero attached hydrogens (tertiary/aromatic N) is 1. The lowest BCUT2D eigenvalue weighted by atomic mass is 9.77. The first kappa shape index (κ1) is 30.7. The summed E-state index contributed by atoms with van der Waals surface area (Å²) in [4.78, 5) is 13.2. The molecule has 1 aliphatic carbocycles. The van der Waals surface area contributed by atoms with Crippen LogP contribution >= 0.6 is 0 Å². The zero-order valence-corrected chi connectivity index (χ0v) is 26.7. The Balaban J connectivity index is 1.66. The average molecular weight is 654 g/mol. The fourth-order valence-corrected chi connectivity index (χ4v) is 8.56. The highest BCUT2D eigenvalue weighted by molar-refractivity contribution is 7.90. The van der Waals surface area contributed by atoms with Gasteiger partial charge in [-0.1, -0.05) is 79.2 Å². The van der Waals surface area contributed by atoms with Crippen LogP contribution in [-0.2, 0) is 28.0 Å². The maximum absolute atomic E-state index is 14.8. The number of aryl methyl sites for hydroxylation is 1. The van der Waals surface area contributed by atoms with E-state index in [9.17, 15) is 26.4 Å². The van der Waals surface area contributed by atoms with Gasteiger partial charge >= 0.3 is 6.18 Å². The Morgan fingerprint density at radius 2 is 1.57 bits per heavy atom. The van der Waals surface area contributed by atoms with Crippen molar-refractivity contribution >= 4 is 37.5 Å². The van der Waals surface area contributed by atoms with E-state index < -0.39 is 27.2 Å². The van der Waals surface area contributed by atoms with E-state index in [1.807, 2.05) is 56.3 Å². The molecule has 9 heteroatoms. The Bertz CT molecular complexity index is 2340. The third kappa shape index (κ3) is 4.91. The molecular weight excluding hydrogens is 623 g/mol. The maximum Gasteiger partial charge on any atom is 0.416 e. The molecule has 0 fully saturated rings. The van der Waals surface area contributed by atoms with Gasteiger partial charge in [0.05, 0.1) is 28.8 Å². The average Bonchev–Trinajstić information content (AvgIpc) is 3.50. The molecule has 0 bridgehead atoms. The molecule has 0 saturated carbocycles. The molecule has 238 valence electrons. The van der Waals surface area contributed by atoms with Gasteiger partial charge in [-0.3, -0.25) is 4.79 Å². The van der Waals surface area contributed by atoms with E-state index >= 15 is 0 Å². The number of aromatic nitrogens is 1. The second-order valence-electron chi connectivity index (χ2n) is 12.4. The van der Waals surface area contributed by atoms with Crippen LogP contribution in [0, 0.1) is 6.92 Å². The van der Waals surface area contributed by atoms with Crippen LogP contribution in [0.5, 0.6) is 5.75 Å². The van der Waals surface area contributed by atoms with Gasteiger partial charge in [0, 0.05) is 28.3 Å². The maximum atomic E-state index is 14.8. The fourth-order valence-electron chi connectivity index (χ4n) is 7.01. The number of hydrogen-bond acceptors (Lipinski definition) is 4. The monoisotopic (exact) mass is 653 g/mol. The summed E-state index contributed by atoms with van der Waals surface area (Å²) in [5.41, 5.74) is 1.56. The quantitative estimate of drug-likeness (QED) is 0.180. The van der Waals surface area contributed by atoms with Gasteiger partial charge in [0.2, 0.25) is 0 Å². The van der Waals surface area contributed by atoms with Crippen LogP contribution in [-0.4, -0.2) is 25.3 Å². The molecule has 0 unspecified atom stereocenters. The molecule has 0 saturated heterocycles. The van der Waals surface area contributed by atoms with Crippen LogP contribution in [0.25, 0.3) is 32.9 Å². The molecule has 1 heterocycles. The van der Waals surface area contributed by atoms with Crippen LogP contribution in [0.4, 0.5) is 13.2 Å². The van der Waals surface area contributed by atoms with Crippen molar-refractivity contribution in [2.45, 2.75) is 43.2 Å². The van der Waals surface area contributed by atoms with Crippen LogP contribution in [0.2, 0.25) is 0 Å². The predicted molar refractivity (Wildman–Crippen MR) is 177 cm³/mol. The van der Waals surface area contributed by atoms with Crippen molar-refractivity contribution < 1.29 is 31.1 Å². The van der Waals surface area contributed by atoms with E-state index in [0.29, 0.717) is 27.8 Å². The van der Waals surface area contributed by atoms with Crippen molar-refractivity contribution in [3.8, 4) is 17.0 Å². The Labute approximate surface area is 270 Å². The lowest BCUT2D eigenvalue weighted by molar-refractivity contribution is -0.137. The van der Waals surface area contributed by atoms with Gasteiger partial charge in [0.15, 0.2) is 5.78 Å². The second-order valence-corrected chi connectivity index (χ2v) is 14.2. The number of halogens is 3. The summed E-state index contributed by atoms with van der Waals surface area (Å²) in [5, 5.41) is 1.60. The smallest absolute Gasteiger partial charge is 0.416 e. The number of alkyl halides is 3. The number of fused-ring (bicyclic) bond motifs is 3. The highest BCUT2D eigenvalue weighted by atomic mass is 32.2. The van der Waals surface area contributed by atoms with Crippen molar-refractivity contribution in [2.75, 3.05) is 7.11 Å². The van der Waals surface area contributed by atoms with Crippen LogP contribution in [0.3, 0.4) is 0 Å². The minimum absolute atomic E-state index is 0.0143. The summed E-state index contributed by atoms with van der Waals surface area (Å²) >= 11 is 0. The summed E-state index contributed by atoms with van der Waals surface area (Å²) < 4.78 is 79.5. The first-order valence-electron chi connectivity index (χ1n) is 15.1. The molecule has 0 aliphatic heterocycles. The normalized spacial score (nSPS) is 16.6. The lowest BCUT2D eigenvalue weighted by Gasteiger charge is -2.26. The number of ketones is 1. The Morgan fingerprint density at radius 3 is 2.30 bits per heavy atom. The minimum atomic E-state index is -4.68. The predicted octanol–water partition coefficient (Wildman–Crippen LogP) is 9.12. The molecule has 0 spiro atoms. The molecule has 1 aliphatic rings. The molecule has 0 radical (unpaired) electrons. The van der Waals surface area contributed by atoms with Crippen molar-refractivity contribution in [1.29, 1.82) is 0 Å². The molecule has 47 heavy (non-hydrogen) atoms. The Morgan fingerprint density at radius 1 is 0.872 bits per heavy atom. The van der Waals surface area contributed by atoms with Gasteiger partial charge in [-0.15, -0.1) is 0 Å². The summed E-state index contributed by atoms with van der Waals surface area (Å²) in [6, 6.07) is 27.7. The van der Waals surface area contributed by atoms with Gasteiger partial charge in [0.25, 0.3) is 10.0 Å². The molecule has 1 aromatic heterocycles. The number of ether oxygens (including phenoxy) is 1. The van der Waals surface area contributed by atoms with Crippen molar-refractivity contribution in [2.24, 2.45) is 0 Å². The molecule has 6 aromatic rings. The first-order chi connectivity index (χ1) is 22.3. The van der Waals surface area contributed by atoms with Gasteiger partial charge in [-0.2, -0.15) is 13.2 Å². The largest absolute Gasteiger partial charge is 0.496 e. The number of methoxy groups -OCH3 is 1. The Kier molecular flexibility index (Phi) is 7.09. The van der Waals surface area contributed by atoms with Gasteiger partial charge in [0.1, 0.15) is 5.75 Å². The van der Waals surface area contributed by atoms with Gasteiger partial charge in [-0.05, 0) is 71.6 Å². The summed E-state index contributed by atoms with van der Waals surface area (Å²) in [6.07, 6.45) is -4.47. The van der Waals surface area contributed by atoms with Crippen molar-refractivity contribution in [3.63, 3.8) is 0 Å². The number of rotatable bonds is 6. The zero-order valence-electron chi connectivity index (χ0n) is 25.9. The van der Waals surface area contributed by atoms with E-state index in [4.69, 9.17) is 4.74 Å². The summed E-state index contributed by atoms with van der Waals surface area (Å²) in [5.74, 6) is 0.289. The van der Waals surface area contributed by atoms with E-state index in [-0.39, 0.29) is 40.1 Å². The summed E-state index contributed by atoms with van der Waals surface area (Å²) in [6.45, 7) is 3.75. The third-order valence-electron chi connectivity index (χ3n) is 9.26. The Hall–Kier alpha value is -4.89. The molecule has 0 amide bonds. The highest BCUT2D eigenvalue weighted by Gasteiger charge is 2.42. The van der Waals surface area contributed by atoms with E-state index in [1.54, 1.807) is 30.3 Å². The van der Waals surface area contributed by atoms with E-state index in [0.717, 1.165) is 28.6 Å². The number of Topliss-reactive ketones (excluding diaryl/α,β-unsaturated/α-hetero) is 1. The van der Waals surface area contributed by atoms with Crippen LogP contribution in [0.1, 0.15) is 46.0 Å². The van der Waals surface area contributed by atoms with Crippen molar-refractivity contribution in [1.82, 2.24) is 3.97 Å². The third-order valence-corrected chi connectivity index (χ3v) is 11.0. The van der Waals surface area contributed by atoms with E-state index in [2.05, 4.69) is 0 Å². The van der Waals surface area contributed by atoms with Crippen LogP contribution < -0.4 is 4.74 Å². The lowest BCUT2D eigenvalue weighted by Crippen LogP contribution is -2.23. The topological polar surface area (TPSA) is 65.4 Å². The van der Waals surface area contributed by atoms with Gasteiger partial charge < -0.3 is 4.74 Å². The number of benzene rings is 5. The second kappa shape index (κ2) is 10.8. The molecular formula is C38H30F3NO4S. The van der Waals surface area contributed by atoms with E-state index in [1.165, 1.54) is 29.3 Å². The van der Waals surface area contributed by atoms with Gasteiger partial charge in [-0.25, -0.2) is 12.4 Å². The first-order valence-corrected chi connectivity index (χ1v) is 16.5. The number of carbonyl (C=O) groups excluding carboxylic acids is 1. The molecule has 7 rings (SSSR count). The minimum Gasteiger partial charge on any atom is -0.496 e. The number of carbonyl (C=O) groups is 1. The molecule has 1 atom stereocenters. The van der Waals surface area contributed by atoms with Crippen LogP contribution in [0.15, 0.2) is 108 Å². The fraction of sp³-hybridized carbons (Fsp3) is 0.184. The molecule has 0 N–H and O–H groups in total.